The van der Waals surface area contributed by atoms with E-state index in [-0.39, 0.29) is 0 Å². The Morgan fingerprint density at radius 2 is 1.95 bits per heavy atom. The smallest absolute Gasteiger partial charge is 0.201 e. The Morgan fingerprint density at radius 3 is 2.74 bits per heavy atom. The molecule has 0 unspecified atom stereocenters. The lowest BCUT2D eigenvalue weighted by atomic mass is 10.2. The fourth-order valence-corrected chi connectivity index (χ4v) is 2.27. The SMILES string of the molecule is Cc1ccc2c(c1)nc(N)n2Cc1cccc(C)n1. The third-order valence-electron chi connectivity index (χ3n) is 3.20. The maximum atomic E-state index is 6.01. The summed E-state index contributed by atoms with van der Waals surface area (Å²) in [4.78, 5) is 8.91. The second kappa shape index (κ2) is 4.39. The number of nitrogens with zero attached hydrogens (tertiary/aromatic N) is 3. The first kappa shape index (κ1) is 11.7. The second-order valence-electron chi connectivity index (χ2n) is 4.82. The van der Waals surface area contributed by atoms with E-state index in [4.69, 9.17) is 5.73 Å². The quantitative estimate of drug-likeness (QED) is 0.763. The zero-order valence-corrected chi connectivity index (χ0v) is 11.1. The molecule has 0 radical (unpaired) electrons. The molecular weight excluding hydrogens is 236 g/mol. The van der Waals surface area contributed by atoms with Crippen molar-refractivity contribution >= 4 is 17.0 Å². The van der Waals surface area contributed by atoms with Gasteiger partial charge in [0.1, 0.15) is 0 Å². The van der Waals surface area contributed by atoms with Gasteiger partial charge in [0.15, 0.2) is 0 Å². The highest BCUT2D eigenvalue weighted by atomic mass is 15.2. The van der Waals surface area contributed by atoms with Gasteiger partial charge < -0.3 is 10.3 Å². The van der Waals surface area contributed by atoms with E-state index >= 15 is 0 Å². The molecule has 0 bridgehead atoms. The van der Waals surface area contributed by atoms with Crippen LogP contribution in [0.4, 0.5) is 5.95 Å². The van der Waals surface area contributed by atoms with E-state index in [1.165, 1.54) is 5.56 Å². The Balaban J connectivity index is 2.07. The average Bonchev–Trinajstić information content (AvgIpc) is 2.65. The summed E-state index contributed by atoms with van der Waals surface area (Å²) in [6.45, 7) is 4.69. The van der Waals surface area contributed by atoms with Gasteiger partial charge in [-0.2, -0.15) is 0 Å². The number of hydrogen-bond donors (Lipinski definition) is 1. The maximum Gasteiger partial charge on any atom is 0.201 e. The first-order valence-corrected chi connectivity index (χ1v) is 6.28. The highest BCUT2D eigenvalue weighted by molar-refractivity contribution is 5.79. The van der Waals surface area contributed by atoms with Crippen LogP contribution in [0, 0.1) is 13.8 Å². The van der Waals surface area contributed by atoms with Gasteiger partial charge in [0, 0.05) is 5.69 Å². The number of aromatic nitrogens is 3. The summed E-state index contributed by atoms with van der Waals surface area (Å²) in [6.07, 6.45) is 0. The van der Waals surface area contributed by atoms with Crippen LogP contribution < -0.4 is 5.73 Å². The predicted octanol–water partition coefficient (Wildman–Crippen LogP) is 2.68. The normalized spacial score (nSPS) is 11.1. The molecule has 0 fully saturated rings. The van der Waals surface area contributed by atoms with Crippen LogP contribution in [0.1, 0.15) is 17.0 Å². The lowest BCUT2D eigenvalue weighted by molar-refractivity contribution is 0.804. The van der Waals surface area contributed by atoms with Crippen molar-refractivity contribution in [2.24, 2.45) is 0 Å². The van der Waals surface area contributed by atoms with E-state index in [9.17, 15) is 0 Å². The van der Waals surface area contributed by atoms with Gasteiger partial charge in [-0.3, -0.25) is 4.98 Å². The number of hydrogen-bond acceptors (Lipinski definition) is 3. The molecule has 0 amide bonds. The molecule has 0 atom stereocenters. The summed E-state index contributed by atoms with van der Waals surface area (Å²) in [6, 6.07) is 12.2. The number of imidazole rings is 1. The molecule has 0 aliphatic rings. The van der Waals surface area contributed by atoms with Crippen molar-refractivity contribution in [2.45, 2.75) is 20.4 Å². The van der Waals surface area contributed by atoms with Gasteiger partial charge in [0.05, 0.1) is 23.3 Å². The van der Waals surface area contributed by atoms with E-state index in [0.717, 1.165) is 22.4 Å². The fraction of sp³-hybridized carbons (Fsp3) is 0.200. The third kappa shape index (κ3) is 2.17. The van der Waals surface area contributed by atoms with Crippen LogP contribution in [-0.2, 0) is 6.54 Å². The average molecular weight is 252 g/mol. The van der Waals surface area contributed by atoms with Gasteiger partial charge in [-0.25, -0.2) is 4.98 Å². The van der Waals surface area contributed by atoms with Crippen molar-refractivity contribution in [3.63, 3.8) is 0 Å². The lowest BCUT2D eigenvalue weighted by Gasteiger charge is -2.06. The molecule has 0 aliphatic heterocycles. The van der Waals surface area contributed by atoms with Crippen molar-refractivity contribution in [3.8, 4) is 0 Å². The molecule has 0 saturated heterocycles. The van der Waals surface area contributed by atoms with Crippen LogP contribution in [0.2, 0.25) is 0 Å². The Kier molecular flexibility index (Phi) is 2.71. The zero-order valence-electron chi connectivity index (χ0n) is 11.1. The van der Waals surface area contributed by atoms with E-state index in [0.29, 0.717) is 12.5 Å². The summed E-state index contributed by atoms with van der Waals surface area (Å²) < 4.78 is 2.00. The highest BCUT2D eigenvalue weighted by Crippen LogP contribution is 2.20. The van der Waals surface area contributed by atoms with Gasteiger partial charge in [0.25, 0.3) is 0 Å². The lowest BCUT2D eigenvalue weighted by Crippen LogP contribution is -2.06. The molecular formula is C15H16N4. The topological polar surface area (TPSA) is 56.7 Å². The van der Waals surface area contributed by atoms with Crippen LogP contribution >= 0.6 is 0 Å². The number of benzene rings is 1. The van der Waals surface area contributed by atoms with E-state index in [2.05, 4.69) is 29.0 Å². The Hall–Kier alpha value is -2.36. The van der Waals surface area contributed by atoms with Crippen LogP contribution in [0.15, 0.2) is 36.4 Å². The molecule has 4 nitrogen and oxygen atoms in total. The molecule has 0 aliphatic carbocycles. The van der Waals surface area contributed by atoms with Crippen molar-refractivity contribution < 1.29 is 0 Å². The van der Waals surface area contributed by atoms with E-state index < -0.39 is 0 Å². The third-order valence-corrected chi connectivity index (χ3v) is 3.20. The molecule has 0 spiro atoms. The van der Waals surface area contributed by atoms with Crippen molar-refractivity contribution in [1.29, 1.82) is 0 Å². The first-order chi connectivity index (χ1) is 9.13. The standard InChI is InChI=1S/C15H16N4/c1-10-6-7-14-13(8-10)18-15(16)19(14)9-12-5-3-4-11(2)17-12/h3-8H,9H2,1-2H3,(H2,16,18). The van der Waals surface area contributed by atoms with Gasteiger partial charge >= 0.3 is 0 Å². The predicted molar refractivity (Wildman–Crippen MR) is 77.0 cm³/mol. The molecule has 0 saturated carbocycles. The van der Waals surface area contributed by atoms with E-state index in [1.807, 2.05) is 35.8 Å². The molecule has 2 aromatic heterocycles. The molecule has 1 aromatic carbocycles. The summed E-state index contributed by atoms with van der Waals surface area (Å²) in [7, 11) is 0. The van der Waals surface area contributed by atoms with Crippen LogP contribution in [0.3, 0.4) is 0 Å². The van der Waals surface area contributed by atoms with Gasteiger partial charge in [-0.1, -0.05) is 12.1 Å². The fourth-order valence-electron chi connectivity index (χ4n) is 2.27. The molecule has 19 heavy (non-hydrogen) atoms. The van der Waals surface area contributed by atoms with Crippen molar-refractivity contribution in [2.75, 3.05) is 5.73 Å². The Morgan fingerprint density at radius 1 is 1.11 bits per heavy atom. The van der Waals surface area contributed by atoms with Gasteiger partial charge in [-0.15, -0.1) is 0 Å². The Labute approximate surface area is 111 Å². The monoisotopic (exact) mass is 252 g/mol. The van der Waals surface area contributed by atoms with Crippen molar-refractivity contribution in [1.82, 2.24) is 14.5 Å². The number of nitrogen functional groups attached to an aromatic ring is 1. The molecule has 2 N–H and O–H groups in total. The molecule has 4 heteroatoms. The van der Waals surface area contributed by atoms with Gasteiger partial charge in [-0.05, 0) is 43.7 Å². The molecule has 96 valence electrons. The van der Waals surface area contributed by atoms with E-state index in [1.54, 1.807) is 0 Å². The summed E-state index contributed by atoms with van der Waals surface area (Å²) in [5, 5.41) is 0. The Bertz CT molecular complexity index is 743. The van der Waals surface area contributed by atoms with Crippen LogP contribution in [0.5, 0.6) is 0 Å². The number of rotatable bonds is 2. The largest absolute Gasteiger partial charge is 0.369 e. The summed E-state index contributed by atoms with van der Waals surface area (Å²) in [5.41, 5.74) is 11.2. The van der Waals surface area contributed by atoms with Crippen LogP contribution in [-0.4, -0.2) is 14.5 Å². The zero-order chi connectivity index (χ0) is 13.4. The van der Waals surface area contributed by atoms with Gasteiger partial charge in [0.2, 0.25) is 5.95 Å². The first-order valence-electron chi connectivity index (χ1n) is 6.28. The number of anilines is 1. The summed E-state index contributed by atoms with van der Waals surface area (Å²) in [5.74, 6) is 0.531. The number of aryl methyl sites for hydroxylation is 2. The number of fused-ring (bicyclic) bond motifs is 1. The number of nitrogens with two attached hydrogens (primary N) is 1. The highest BCUT2D eigenvalue weighted by Gasteiger charge is 2.09. The summed E-state index contributed by atoms with van der Waals surface area (Å²) >= 11 is 0. The maximum absolute atomic E-state index is 6.01. The second-order valence-corrected chi connectivity index (χ2v) is 4.82. The minimum Gasteiger partial charge on any atom is -0.369 e. The minimum atomic E-state index is 0.531. The molecule has 3 aromatic rings. The van der Waals surface area contributed by atoms with Crippen LogP contribution in [0.25, 0.3) is 11.0 Å². The molecule has 3 rings (SSSR count). The molecule has 2 heterocycles. The minimum absolute atomic E-state index is 0.531. The number of pyridine rings is 1. The van der Waals surface area contributed by atoms with Crippen molar-refractivity contribution in [3.05, 3.63) is 53.3 Å².